The molecule has 0 bridgehead atoms. The zero-order valence-corrected chi connectivity index (χ0v) is 18.4. The molecule has 1 aliphatic rings. The number of hydrogen-bond acceptors (Lipinski definition) is 6. The smallest absolute Gasteiger partial charge is 0.227 e. The number of nitrogens with zero attached hydrogens (tertiary/aromatic N) is 4. The zero-order chi connectivity index (χ0) is 23.4. The van der Waals surface area contributed by atoms with Crippen molar-refractivity contribution in [2.75, 3.05) is 4.81 Å². The third-order valence-electron chi connectivity index (χ3n) is 5.81. The number of hydrogen-bond donors (Lipinski definition) is 1. The van der Waals surface area contributed by atoms with Gasteiger partial charge in [0.15, 0.2) is 0 Å². The first-order chi connectivity index (χ1) is 16.0. The van der Waals surface area contributed by atoms with Crippen LogP contribution in [0.2, 0.25) is 0 Å². The van der Waals surface area contributed by atoms with E-state index >= 15 is 0 Å². The van der Waals surface area contributed by atoms with Gasteiger partial charge in [-0.05, 0) is 73.2 Å². The predicted octanol–water partition coefficient (Wildman–Crippen LogP) is 4.25. The summed E-state index contributed by atoms with van der Waals surface area (Å²) in [5, 5.41) is 29.3. The van der Waals surface area contributed by atoms with Gasteiger partial charge in [-0.2, -0.15) is 10.5 Å². The van der Waals surface area contributed by atoms with Crippen LogP contribution in [0, 0.1) is 35.5 Å². The number of anilines is 1. The van der Waals surface area contributed by atoms with E-state index in [1.54, 1.807) is 47.4 Å². The summed E-state index contributed by atoms with van der Waals surface area (Å²) in [7, 11) is 6.33. The molecule has 2 aromatic carbocycles. The van der Waals surface area contributed by atoms with Crippen LogP contribution in [0.3, 0.4) is 0 Å². The minimum absolute atomic E-state index is 0.191. The Kier molecular flexibility index (Phi) is 6.63. The molecule has 3 aromatic rings. The largest absolute Gasteiger partial charge is 0.487 e. The predicted molar refractivity (Wildman–Crippen MR) is 125 cm³/mol. The first kappa shape index (κ1) is 22.4. The molecule has 1 saturated carbocycles. The molecule has 6 nitrogen and oxygen atoms in total. The molecule has 7 heteroatoms. The van der Waals surface area contributed by atoms with Crippen molar-refractivity contribution >= 4 is 13.7 Å². The third kappa shape index (κ3) is 5.17. The third-order valence-corrected chi connectivity index (χ3v) is 5.81. The molecule has 1 heterocycles. The van der Waals surface area contributed by atoms with Gasteiger partial charge in [0.2, 0.25) is 7.98 Å². The molecule has 1 unspecified atom stereocenters. The van der Waals surface area contributed by atoms with Gasteiger partial charge in [0, 0.05) is 24.0 Å². The van der Waals surface area contributed by atoms with Crippen LogP contribution in [0.4, 0.5) is 5.69 Å². The van der Waals surface area contributed by atoms with E-state index in [1.807, 2.05) is 19.1 Å². The standard InChI is InChI=1S/C26H23BN4O2/c1-17-26(33-16-20-4-2-3-19(11-20)13-29)24(25(32)21-7-8-21)22(14-30-17)15-31(27)23-9-5-18(12-28)6-10-23/h2-6,9-11,14,21,25,32H,7-8,15-16H2,1H3. The maximum absolute atomic E-state index is 11.1. The van der Waals surface area contributed by atoms with E-state index in [-0.39, 0.29) is 12.5 Å². The van der Waals surface area contributed by atoms with Crippen molar-refractivity contribution in [2.45, 2.75) is 39.0 Å². The van der Waals surface area contributed by atoms with Gasteiger partial charge in [-0.3, -0.25) is 4.98 Å². The highest BCUT2D eigenvalue weighted by atomic mass is 16.5. The van der Waals surface area contributed by atoms with E-state index in [4.69, 9.17) is 23.2 Å². The minimum Gasteiger partial charge on any atom is -0.487 e. The highest BCUT2D eigenvalue weighted by Gasteiger charge is 2.35. The Morgan fingerprint density at radius 3 is 2.55 bits per heavy atom. The van der Waals surface area contributed by atoms with Gasteiger partial charge in [0.05, 0.1) is 35.1 Å². The Morgan fingerprint density at radius 2 is 1.88 bits per heavy atom. The molecule has 162 valence electrons. The van der Waals surface area contributed by atoms with Crippen LogP contribution in [0.1, 0.15) is 52.5 Å². The molecule has 1 aromatic heterocycles. The van der Waals surface area contributed by atoms with Gasteiger partial charge in [0.25, 0.3) is 0 Å². The molecule has 1 fully saturated rings. The van der Waals surface area contributed by atoms with Crippen LogP contribution >= 0.6 is 0 Å². The molecule has 33 heavy (non-hydrogen) atoms. The number of nitriles is 2. The summed E-state index contributed by atoms with van der Waals surface area (Å²) in [6, 6.07) is 18.5. The summed E-state index contributed by atoms with van der Waals surface area (Å²) >= 11 is 0. The maximum Gasteiger partial charge on any atom is 0.227 e. The Morgan fingerprint density at radius 1 is 1.15 bits per heavy atom. The lowest BCUT2D eigenvalue weighted by Gasteiger charge is -2.26. The molecule has 1 aliphatic carbocycles. The fourth-order valence-corrected chi connectivity index (χ4v) is 3.81. The van der Waals surface area contributed by atoms with Crippen LogP contribution in [0.25, 0.3) is 0 Å². The number of aromatic nitrogens is 1. The fourth-order valence-electron chi connectivity index (χ4n) is 3.81. The molecule has 1 N–H and O–H groups in total. The van der Waals surface area contributed by atoms with E-state index in [2.05, 4.69) is 17.1 Å². The van der Waals surface area contributed by atoms with Gasteiger partial charge in [-0.1, -0.05) is 12.1 Å². The number of aryl methyl sites for hydroxylation is 1. The van der Waals surface area contributed by atoms with Crippen molar-refractivity contribution in [3.63, 3.8) is 0 Å². The summed E-state index contributed by atoms with van der Waals surface area (Å²) in [6.45, 7) is 2.43. The van der Waals surface area contributed by atoms with E-state index < -0.39 is 6.10 Å². The summed E-state index contributed by atoms with van der Waals surface area (Å²) in [5.41, 5.74) is 4.93. The van der Waals surface area contributed by atoms with Crippen molar-refractivity contribution < 1.29 is 9.84 Å². The van der Waals surface area contributed by atoms with E-state index in [0.717, 1.165) is 29.7 Å². The van der Waals surface area contributed by atoms with Crippen molar-refractivity contribution in [2.24, 2.45) is 5.92 Å². The van der Waals surface area contributed by atoms with E-state index in [9.17, 15) is 5.11 Å². The van der Waals surface area contributed by atoms with Gasteiger partial charge < -0.3 is 14.7 Å². The highest BCUT2D eigenvalue weighted by molar-refractivity contribution is 6.17. The zero-order valence-electron chi connectivity index (χ0n) is 18.4. The Bertz CT molecular complexity index is 1230. The number of aliphatic hydroxyl groups excluding tert-OH is 1. The number of pyridine rings is 1. The number of ether oxygens (including phenoxy) is 1. The first-order valence-electron chi connectivity index (χ1n) is 10.8. The lowest BCUT2D eigenvalue weighted by molar-refractivity contribution is 0.146. The molecular weight excluding hydrogens is 411 g/mol. The Hall–Kier alpha value is -3.81. The SMILES string of the molecule is [B]N(Cc1cnc(C)c(OCc2cccc(C#N)c2)c1C(O)C1CC1)c1ccc(C#N)cc1. The van der Waals surface area contributed by atoms with Crippen LogP contribution in [-0.2, 0) is 13.2 Å². The number of rotatable bonds is 8. The van der Waals surface area contributed by atoms with Crippen molar-refractivity contribution in [1.82, 2.24) is 4.98 Å². The van der Waals surface area contributed by atoms with Crippen LogP contribution in [0.5, 0.6) is 5.75 Å². The Labute approximate surface area is 195 Å². The van der Waals surface area contributed by atoms with Crippen molar-refractivity contribution in [3.05, 3.63) is 88.2 Å². The quantitative estimate of drug-likeness (QED) is 0.533. The van der Waals surface area contributed by atoms with Crippen LogP contribution in [-0.4, -0.2) is 18.1 Å². The maximum atomic E-state index is 11.1. The second kappa shape index (κ2) is 9.77. The van der Waals surface area contributed by atoms with Gasteiger partial charge in [-0.25, -0.2) is 0 Å². The molecule has 1 atom stereocenters. The average molecular weight is 434 g/mol. The van der Waals surface area contributed by atoms with Crippen molar-refractivity contribution in [1.29, 1.82) is 10.5 Å². The molecule has 0 saturated heterocycles. The lowest BCUT2D eigenvalue weighted by Crippen LogP contribution is -2.21. The van der Waals surface area contributed by atoms with Crippen LogP contribution < -0.4 is 9.55 Å². The molecule has 0 spiro atoms. The lowest BCUT2D eigenvalue weighted by atomic mass is 9.97. The molecule has 0 aliphatic heterocycles. The molecule has 2 radical (unpaired) electrons. The highest BCUT2D eigenvalue weighted by Crippen LogP contribution is 2.45. The van der Waals surface area contributed by atoms with Gasteiger partial charge in [0.1, 0.15) is 12.4 Å². The summed E-state index contributed by atoms with van der Waals surface area (Å²) in [4.78, 5) is 6.07. The average Bonchev–Trinajstić information content (AvgIpc) is 3.69. The van der Waals surface area contributed by atoms with Crippen molar-refractivity contribution in [3.8, 4) is 17.9 Å². The summed E-state index contributed by atoms with van der Waals surface area (Å²) in [6.07, 6.45) is 3.00. The van der Waals surface area contributed by atoms with Gasteiger partial charge in [-0.15, -0.1) is 0 Å². The van der Waals surface area contributed by atoms with Gasteiger partial charge >= 0.3 is 0 Å². The summed E-state index contributed by atoms with van der Waals surface area (Å²) < 4.78 is 6.18. The van der Waals surface area contributed by atoms with E-state index in [0.29, 0.717) is 34.7 Å². The minimum atomic E-state index is -0.670. The first-order valence-corrected chi connectivity index (χ1v) is 10.8. The Balaban J connectivity index is 1.63. The topological polar surface area (TPSA) is 93.2 Å². The number of benzene rings is 2. The summed E-state index contributed by atoms with van der Waals surface area (Å²) in [5.74, 6) is 0.749. The fraction of sp³-hybridized carbons (Fsp3) is 0.269. The molecular formula is C26H23BN4O2. The monoisotopic (exact) mass is 434 g/mol. The van der Waals surface area contributed by atoms with Crippen LogP contribution in [0.15, 0.2) is 54.7 Å². The van der Waals surface area contributed by atoms with E-state index in [1.165, 1.54) is 0 Å². The second-order valence-corrected chi connectivity index (χ2v) is 8.28. The molecule has 0 amide bonds. The number of aliphatic hydroxyl groups is 1. The normalized spacial score (nSPS) is 13.6. The second-order valence-electron chi connectivity index (χ2n) is 8.28. The molecule has 4 rings (SSSR count).